The molecule has 1 saturated heterocycles. The van der Waals surface area contributed by atoms with Gasteiger partial charge in [0.1, 0.15) is 17.4 Å². The van der Waals surface area contributed by atoms with Crippen molar-refractivity contribution in [2.24, 2.45) is 0 Å². The van der Waals surface area contributed by atoms with E-state index in [1.807, 2.05) is 0 Å². The second kappa shape index (κ2) is 7.05. The Balaban J connectivity index is 1.47. The molecule has 3 aromatic rings. The molecule has 3 N–H and O–H groups in total. The summed E-state index contributed by atoms with van der Waals surface area (Å²) in [5.74, 6) is -1.80. The van der Waals surface area contributed by atoms with E-state index in [4.69, 9.17) is 0 Å². The van der Waals surface area contributed by atoms with Crippen LogP contribution < -0.4 is 16.1 Å². The predicted molar refractivity (Wildman–Crippen MR) is 112 cm³/mol. The third-order valence-electron chi connectivity index (χ3n) is 5.69. The Hall–Kier alpha value is -4.01. The number of benzene rings is 2. The smallest absolute Gasteiger partial charge is 0.261 e. The third kappa shape index (κ3) is 3.05. The summed E-state index contributed by atoms with van der Waals surface area (Å²) in [6.07, 6.45) is 2.52. The number of aromatic nitrogens is 1. The van der Waals surface area contributed by atoms with Gasteiger partial charge < -0.3 is 20.5 Å². The Morgan fingerprint density at radius 3 is 2.84 bits per heavy atom. The van der Waals surface area contributed by atoms with Crippen molar-refractivity contribution in [2.45, 2.75) is 18.9 Å². The van der Waals surface area contributed by atoms with Gasteiger partial charge in [0.2, 0.25) is 11.3 Å². The largest absolute Gasteiger partial charge is 0.358 e. The number of carbonyl (C=O) groups is 3. The quantitative estimate of drug-likeness (QED) is 0.591. The zero-order valence-corrected chi connectivity index (χ0v) is 16.2. The van der Waals surface area contributed by atoms with E-state index in [1.165, 1.54) is 35.2 Å². The van der Waals surface area contributed by atoms with Crippen molar-refractivity contribution in [3.63, 3.8) is 0 Å². The fourth-order valence-corrected chi connectivity index (χ4v) is 4.14. The van der Waals surface area contributed by atoms with E-state index in [0.29, 0.717) is 24.3 Å². The van der Waals surface area contributed by atoms with Gasteiger partial charge in [-0.05, 0) is 43.2 Å². The number of H-pyrrole nitrogens is 1. The van der Waals surface area contributed by atoms with Crippen molar-refractivity contribution in [3.8, 4) is 0 Å². The Morgan fingerprint density at radius 2 is 2.00 bits per heavy atom. The lowest BCUT2D eigenvalue weighted by molar-refractivity contribution is -0.119. The highest BCUT2D eigenvalue weighted by Gasteiger charge is 2.38. The molecular formula is C22H17FN4O4. The average molecular weight is 420 g/mol. The van der Waals surface area contributed by atoms with E-state index in [9.17, 15) is 23.6 Å². The number of para-hydroxylation sites is 1. The van der Waals surface area contributed by atoms with Gasteiger partial charge in [0.25, 0.3) is 11.8 Å². The molecular weight excluding hydrogens is 403 g/mol. The molecule has 0 aliphatic carbocycles. The van der Waals surface area contributed by atoms with Crippen LogP contribution in [0.1, 0.15) is 33.6 Å². The van der Waals surface area contributed by atoms with Crippen LogP contribution in [0.2, 0.25) is 0 Å². The highest BCUT2D eigenvalue weighted by molar-refractivity contribution is 6.12. The molecule has 3 amide bonds. The minimum absolute atomic E-state index is 0.0237. The van der Waals surface area contributed by atoms with E-state index in [0.717, 1.165) is 12.6 Å². The number of pyridine rings is 1. The first-order valence-electron chi connectivity index (χ1n) is 9.81. The van der Waals surface area contributed by atoms with Crippen LogP contribution in [0.4, 0.5) is 15.8 Å². The second-order valence-electron chi connectivity index (χ2n) is 7.55. The molecule has 0 saturated carbocycles. The van der Waals surface area contributed by atoms with E-state index >= 15 is 0 Å². The molecule has 1 aromatic heterocycles. The summed E-state index contributed by atoms with van der Waals surface area (Å²) in [5, 5.41) is 5.43. The molecule has 8 nitrogen and oxygen atoms in total. The van der Waals surface area contributed by atoms with E-state index in [1.54, 1.807) is 6.07 Å². The van der Waals surface area contributed by atoms with Crippen LogP contribution in [0.15, 0.2) is 47.4 Å². The number of nitrogens with one attached hydrogen (secondary N) is 3. The lowest BCUT2D eigenvalue weighted by Gasteiger charge is -2.20. The maximum atomic E-state index is 13.9. The first kappa shape index (κ1) is 19.0. The van der Waals surface area contributed by atoms with E-state index in [2.05, 4.69) is 15.6 Å². The molecule has 0 spiro atoms. The standard InChI is InChI=1S/C22H17FN4O4/c23-15-4-1-3-12-18(15)24-10-14(19(12)28)20(29)25-11-6-7-16-13(9-11)22(31)27-8-2-5-17(27)21(30)26-16/h1,3-4,6-7,9-10,17H,2,5,8H2,(H,24,28)(H,25,29)(H,26,30). The molecule has 2 aliphatic heterocycles. The summed E-state index contributed by atoms with van der Waals surface area (Å²) in [4.78, 5) is 54.9. The number of halogens is 1. The first-order valence-corrected chi connectivity index (χ1v) is 9.81. The predicted octanol–water partition coefficient (Wildman–Crippen LogP) is 2.48. The van der Waals surface area contributed by atoms with Gasteiger partial charge in [0.15, 0.2) is 0 Å². The second-order valence-corrected chi connectivity index (χ2v) is 7.55. The molecule has 2 aromatic carbocycles. The summed E-state index contributed by atoms with van der Waals surface area (Å²) in [6.45, 7) is 0.496. The van der Waals surface area contributed by atoms with Crippen molar-refractivity contribution in [1.82, 2.24) is 9.88 Å². The number of nitrogens with zero attached hydrogens (tertiary/aromatic N) is 1. The zero-order chi connectivity index (χ0) is 21.7. The molecule has 5 rings (SSSR count). The number of fused-ring (bicyclic) bond motifs is 3. The number of rotatable bonds is 2. The lowest BCUT2D eigenvalue weighted by atomic mass is 10.1. The molecule has 9 heteroatoms. The molecule has 2 aliphatic rings. The molecule has 156 valence electrons. The van der Waals surface area contributed by atoms with Gasteiger partial charge in [0, 0.05) is 23.8 Å². The maximum Gasteiger partial charge on any atom is 0.261 e. The van der Waals surface area contributed by atoms with Gasteiger partial charge in [-0.1, -0.05) is 6.07 Å². The summed E-state index contributed by atoms with van der Waals surface area (Å²) < 4.78 is 13.9. The van der Waals surface area contributed by atoms with Gasteiger partial charge in [0.05, 0.1) is 16.8 Å². The SMILES string of the molecule is O=C(Nc1ccc2c(c1)C(=O)N1CCCC1C(=O)N2)c1c[nH]c2c(F)cccc2c1=O. The Kier molecular flexibility index (Phi) is 4.32. The normalized spacial score (nSPS) is 17.7. The Bertz CT molecular complexity index is 1330. The first-order chi connectivity index (χ1) is 14.9. The minimum atomic E-state index is -0.698. The lowest BCUT2D eigenvalue weighted by Crippen LogP contribution is -2.40. The van der Waals surface area contributed by atoms with Crippen molar-refractivity contribution in [3.05, 3.63) is 69.8 Å². The summed E-state index contributed by atoms with van der Waals surface area (Å²) in [5.41, 5.74) is 0.167. The Labute approximate surface area is 175 Å². The zero-order valence-electron chi connectivity index (χ0n) is 16.2. The van der Waals surface area contributed by atoms with E-state index in [-0.39, 0.29) is 33.8 Å². The van der Waals surface area contributed by atoms with Gasteiger partial charge >= 0.3 is 0 Å². The highest BCUT2D eigenvalue weighted by Crippen LogP contribution is 2.30. The van der Waals surface area contributed by atoms with E-state index < -0.39 is 23.2 Å². The van der Waals surface area contributed by atoms with Crippen molar-refractivity contribution < 1.29 is 18.8 Å². The van der Waals surface area contributed by atoms with Crippen LogP contribution in [-0.2, 0) is 4.79 Å². The van der Waals surface area contributed by atoms with Crippen molar-refractivity contribution >= 4 is 40.0 Å². The fraction of sp³-hybridized carbons (Fsp3) is 0.182. The Morgan fingerprint density at radius 1 is 1.16 bits per heavy atom. The molecule has 0 bridgehead atoms. The van der Waals surface area contributed by atoms with Crippen LogP contribution in [0.3, 0.4) is 0 Å². The molecule has 3 heterocycles. The fourth-order valence-electron chi connectivity index (χ4n) is 4.14. The van der Waals surface area contributed by atoms with Crippen LogP contribution in [0.5, 0.6) is 0 Å². The monoisotopic (exact) mass is 420 g/mol. The van der Waals surface area contributed by atoms with Gasteiger partial charge in [-0.2, -0.15) is 0 Å². The number of hydrogen-bond acceptors (Lipinski definition) is 4. The molecule has 1 fully saturated rings. The summed E-state index contributed by atoms with van der Waals surface area (Å²) in [7, 11) is 0. The van der Waals surface area contributed by atoms with Gasteiger partial charge in [-0.25, -0.2) is 4.39 Å². The number of hydrogen-bond donors (Lipinski definition) is 3. The highest BCUT2D eigenvalue weighted by atomic mass is 19.1. The molecule has 1 unspecified atom stereocenters. The number of anilines is 2. The van der Waals surface area contributed by atoms with Gasteiger partial charge in [-0.15, -0.1) is 0 Å². The number of carbonyl (C=O) groups excluding carboxylic acids is 3. The minimum Gasteiger partial charge on any atom is -0.358 e. The average Bonchev–Trinajstić information content (AvgIpc) is 3.22. The molecule has 31 heavy (non-hydrogen) atoms. The third-order valence-corrected chi connectivity index (χ3v) is 5.69. The number of amides is 3. The summed E-state index contributed by atoms with van der Waals surface area (Å²) in [6, 6.07) is 8.12. The molecule has 0 radical (unpaired) electrons. The van der Waals surface area contributed by atoms with Crippen LogP contribution in [0, 0.1) is 5.82 Å². The topological polar surface area (TPSA) is 111 Å². The van der Waals surface area contributed by atoms with Crippen LogP contribution in [-0.4, -0.2) is 40.2 Å². The van der Waals surface area contributed by atoms with Crippen molar-refractivity contribution in [2.75, 3.05) is 17.2 Å². The molecule has 1 atom stereocenters. The van der Waals surface area contributed by atoms with Crippen molar-refractivity contribution in [1.29, 1.82) is 0 Å². The van der Waals surface area contributed by atoms with Gasteiger partial charge in [-0.3, -0.25) is 19.2 Å². The van der Waals surface area contributed by atoms with Crippen LogP contribution >= 0.6 is 0 Å². The summed E-state index contributed by atoms with van der Waals surface area (Å²) >= 11 is 0. The number of aromatic amines is 1. The maximum absolute atomic E-state index is 13.9. The van der Waals surface area contributed by atoms with Crippen LogP contribution in [0.25, 0.3) is 10.9 Å².